The van der Waals surface area contributed by atoms with E-state index in [9.17, 15) is 4.79 Å². The molecule has 2 rings (SSSR count). The molecule has 110 valence electrons. The fourth-order valence-corrected chi connectivity index (χ4v) is 3.04. The summed E-state index contributed by atoms with van der Waals surface area (Å²) in [6.07, 6.45) is 1.64. The van der Waals surface area contributed by atoms with Gasteiger partial charge in [0.2, 0.25) is 0 Å². The molecular formula is C16H17BrN2OS. The van der Waals surface area contributed by atoms with Crippen LogP contribution in [0.3, 0.4) is 0 Å². The predicted octanol–water partition coefficient (Wildman–Crippen LogP) is 4.57. The van der Waals surface area contributed by atoms with Crippen LogP contribution in [0.15, 0.2) is 45.3 Å². The van der Waals surface area contributed by atoms with Crippen LogP contribution in [0.2, 0.25) is 0 Å². The Kier molecular flexibility index (Phi) is 4.96. The quantitative estimate of drug-likeness (QED) is 0.628. The third-order valence-electron chi connectivity index (χ3n) is 2.96. The lowest BCUT2D eigenvalue weighted by Gasteiger charge is -2.18. The number of hydrogen-bond donors (Lipinski definition) is 1. The SMILES string of the molecule is CC(C)(C)c1ccc(C(=O)N/N=C/c2cc(Br)cs2)cc1. The number of hydrogen-bond acceptors (Lipinski definition) is 3. The molecule has 1 aromatic carbocycles. The van der Waals surface area contributed by atoms with Gasteiger partial charge in [0.25, 0.3) is 5.91 Å². The molecule has 0 radical (unpaired) electrons. The average molecular weight is 365 g/mol. The van der Waals surface area contributed by atoms with Crippen molar-refractivity contribution in [2.24, 2.45) is 5.10 Å². The Morgan fingerprint density at radius 2 is 1.95 bits per heavy atom. The van der Waals surface area contributed by atoms with Crippen LogP contribution in [0, 0.1) is 0 Å². The molecule has 0 unspecified atom stereocenters. The van der Waals surface area contributed by atoms with E-state index < -0.39 is 0 Å². The lowest BCUT2D eigenvalue weighted by Crippen LogP contribution is -2.18. The topological polar surface area (TPSA) is 41.5 Å². The lowest BCUT2D eigenvalue weighted by atomic mass is 9.87. The minimum Gasteiger partial charge on any atom is -0.267 e. The molecular weight excluding hydrogens is 348 g/mol. The molecule has 1 N–H and O–H groups in total. The van der Waals surface area contributed by atoms with Crippen LogP contribution in [0.4, 0.5) is 0 Å². The van der Waals surface area contributed by atoms with Crippen molar-refractivity contribution in [3.63, 3.8) is 0 Å². The van der Waals surface area contributed by atoms with Gasteiger partial charge in [-0.25, -0.2) is 5.43 Å². The smallest absolute Gasteiger partial charge is 0.267 e. The molecule has 0 atom stereocenters. The minimum absolute atomic E-state index is 0.0831. The second-order valence-corrected chi connectivity index (χ2v) is 7.55. The predicted molar refractivity (Wildman–Crippen MR) is 92.2 cm³/mol. The van der Waals surface area contributed by atoms with Crippen molar-refractivity contribution >= 4 is 39.4 Å². The molecule has 1 heterocycles. The van der Waals surface area contributed by atoms with E-state index in [-0.39, 0.29) is 11.3 Å². The molecule has 0 fully saturated rings. The van der Waals surface area contributed by atoms with Crippen LogP contribution in [0.5, 0.6) is 0 Å². The van der Waals surface area contributed by atoms with E-state index in [0.29, 0.717) is 5.56 Å². The van der Waals surface area contributed by atoms with E-state index in [1.807, 2.05) is 35.7 Å². The van der Waals surface area contributed by atoms with Gasteiger partial charge in [0.1, 0.15) is 0 Å². The summed E-state index contributed by atoms with van der Waals surface area (Å²) in [6, 6.07) is 9.56. The van der Waals surface area contributed by atoms with Crippen LogP contribution in [0.1, 0.15) is 41.6 Å². The first-order valence-corrected chi connectivity index (χ1v) is 8.21. The zero-order chi connectivity index (χ0) is 15.5. The minimum atomic E-state index is -0.206. The fourth-order valence-electron chi connectivity index (χ4n) is 1.74. The highest BCUT2D eigenvalue weighted by atomic mass is 79.9. The summed E-state index contributed by atoms with van der Waals surface area (Å²) in [6.45, 7) is 6.43. The number of carbonyl (C=O) groups is 1. The molecule has 5 heteroatoms. The first-order valence-electron chi connectivity index (χ1n) is 6.54. The summed E-state index contributed by atoms with van der Waals surface area (Å²) in [7, 11) is 0. The summed E-state index contributed by atoms with van der Waals surface area (Å²) in [5.41, 5.74) is 4.42. The summed E-state index contributed by atoms with van der Waals surface area (Å²) in [4.78, 5) is 12.9. The molecule has 1 amide bonds. The van der Waals surface area contributed by atoms with Gasteiger partial charge in [-0.15, -0.1) is 11.3 Å². The Labute approximate surface area is 137 Å². The number of halogens is 1. The molecule has 0 spiro atoms. The maximum absolute atomic E-state index is 12.0. The molecule has 21 heavy (non-hydrogen) atoms. The van der Waals surface area contributed by atoms with Crippen LogP contribution in [-0.2, 0) is 5.41 Å². The largest absolute Gasteiger partial charge is 0.271 e. The van der Waals surface area contributed by atoms with E-state index in [2.05, 4.69) is 47.2 Å². The zero-order valence-corrected chi connectivity index (χ0v) is 14.6. The number of hydrazone groups is 1. The molecule has 0 aliphatic rings. The summed E-state index contributed by atoms with van der Waals surface area (Å²) < 4.78 is 1.01. The average Bonchev–Trinajstić information content (AvgIpc) is 2.83. The van der Waals surface area contributed by atoms with Gasteiger partial charge >= 0.3 is 0 Å². The fraction of sp³-hybridized carbons (Fsp3) is 0.250. The summed E-state index contributed by atoms with van der Waals surface area (Å²) in [5.74, 6) is -0.206. The Morgan fingerprint density at radius 1 is 1.29 bits per heavy atom. The highest BCUT2D eigenvalue weighted by molar-refractivity contribution is 9.10. The molecule has 3 nitrogen and oxygen atoms in total. The molecule has 0 saturated heterocycles. The second kappa shape index (κ2) is 6.54. The third kappa shape index (κ3) is 4.51. The zero-order valence-electron chi connectivity index (χ0n) is 12.2. The monoisotopic (exact) mass is 364 g/mol. The highest BCUT2D eigenvalue weighted by Gasteiger charge is 2.14. The van der Waals surface area contributed by atoms with Crippen LogP contribution < -0.4 is 5.43 Å². The van der Waals surface area contributed by atoms with Crippen LogP contribution in [0.25, 0.3) is 0 Å². The van der Waals surface area contributed by atoms with Crippen molar-refractivity contribution in [1.82, 2.24) is 5.43 Å². The number of nitrogens with one attached hydrogen (secondary N) is 1. The Morgan fingerprint density at radius 3 is 2.48 bits per heavy atom. The standard InChI is InChI=1S/C16H17BrN2OS/c1-16(2,3)12-6-4-11(5-7-12)15(20)19-18-9-14-8-13(17)10-21-14/h4-10H,1-3H3,(H,19,20)/b18-9+. The molecule has 0 aliphatic heterocycles. The Bertz CT molecular complexity index is 654. The van der Waals surface area contributed by atoms with E-state index in [0.717, 1.165) is 9.35 Å². The molecule has 0 saturated carbocycles. The summed E-state index contributed by atoms with van der Waals surface area (Å²) >= 11 is 4.93. The molecule has 2 aromatic rings. The number of amides is 1. The third-order valence-corrected chi connectivity index (χ3v) is 4.59. The number of nitrogens with zero attached hydrogens (tertiary/aromatic N) is 1. The number of benzene rings is 1. The lowest BCUT2D eigenvalue weighted by molar-refractivity contribution is 0.0955. The maximum Gasteiger partial charge on any atom is 0.271 e. The van der Waals surface area contributed by atoms with Crippen LogP contribution in [-0.4, -0.2) is 12.1 Å². The van der Waals surface area contributed by atoms with Gasteiger partial charge in [0, 0.05) is 20.3 Å². The van der Waals surface area contributed by atoms with Gasteiger partial charge in [-0.2, -0.15) is 5.10 Å². The van der Waals surface area contributed by atoms with Crippen molar-refractivity contribution in [1.29, 1.82) is 0 Å². The first kappa shape index (κ1) is 15.9. The van der Waals surface area contributed by atoms with Gasteiger partial charge < -0.3 is 0 Å². The van der Waals surface area contributed by atoms with Crippen molar-refractivity contribution in [2.45, 2.75) is 26.2 Å². The maximum atomic E-state index is 12.0. The molecule has 1 aromatic heterocycles. The molecule has 0 bridgehead atoms. The summed E-state index contributed by atoms with van der Waals surface area (Å²) in [5, 5.41) is 5.93. The normalized spacial score (nSPS) is 11.8. The van der Waals surface area contributed by atoms with Crippen molar-refractivity contribution in [3.05, 3.63) is 56.2 Å². The van der Waals surface area contributed by atoms with E-state index in [1.165, 1.54) is 5.56 Å². The van der Waals surface area contributed by atoms with E-state index in [1.54, 1.807) is 17.6 Å². The second-order valence-electron chi connectivity index (χ2n) is 5.69. The number of thiophene rings is 1. The Hall–Kier alpha value is -1.46. The number of carbonyl (C=O) groups excluding carboxylic acids is 1. The van der Waals surface area contributed by atoms with Crippen molar-refractivity contribution < 1.29 is 4.79 Å². The molecule has 0 aliphatic carbocycles. The van der Waals surface area contributed by atoms with Gasteiger partial charge in [-0.05, 0) is 45.1 Å². The van der Waals surface area contributed by atoms with Gasteiger partial charge in [0.05, 0.1) is 6.21 Å². The Balaban J connectivity index is 1.99. The van der Waals surface area contributed by atoms with Gasteiger partial charge in [-0.3, -0.25) is 4.79 Å². The van der Waals surface area contributed by atoms with Crippen LogP contribution >= 0.6 is 27.3 Å². The van der Waals surface area contributed by atoms with Gasteiger partial charge in [0.15, 0.2) is 0 Å². The van der Waals surface area contributed by atoms with E-state index >= 15 is 0 Å². The first-order chi connectivity index (χ1) is 9.86. The van der Waals surface area contributed by atoms with Gasteiger partial charge in [-0.1, -0.05) is 32.9 Å². The highest BCUT2D eigenvalue weighted by Crippen LogP contribution is 2.22. The van der Waals surface area contributed by atoms with Crippen molar-refractivity contribution in [2.75, 3.05) is 0 Å². The van der Waals surface area contributed by atoms with Crippen molar-refractivity contribution in [3.8, 4) is 0 Å². The van der Waals surface area contributed by atoms with E-state index in [4.69, 9.17) is 0 Å². The number of rotatable bonds is 3.